The van der Waals surface area contributed by atoms with Crippen LogP contribution in [0.1, 0.15) is 73.6 Å². The van der Waals surface area contributed by atoms with E-state index >= 15 is 0 Å². The van der Waals surface area contributed by atoms with Gasteiger partial charge in [-0.25, -0.2) is 28.0 Å². The number of carbonyl (C=O) groups excluding carboxylic acids is 4. The Balaban J connectivity index is 1.61. The van der Waals surface area contributed by atoms with Gasteiger partial charge in [0.1, 0.15) is 22.6 Å². The van der Waals surface area contributed by atoms with Crippen LogP contribution >= 0.6 is 0 Å². The third-order valence-electron chi connectivity index (χ3n) is 8.27. The van der Waals surface area contributed by atoms with Crippen molar-refractivity contribution in [1.82, 2.24) is 0 Å². The fraction of sp³-hybridized carbons (Fsp3) is 0.318. The minimum Gasteiger partial charge on any atom is -0.491 e. The van der Waals surface area contributed by atoms with Gasteiger partial charge < -0.3 is 28.4 Å². The van der Waals surface area contributed by atoms with E-state index < -0.39 is 70.5 Å². The highest BCUT2D eigenvalue weighted by Crippen LogP contribution is 2.49. The van der Waals surface area contributed by atoms with Gasteiger partial charge in [0.05, 0.1) is 26.4 Å². The van der Waals surface area contributed by atoms with Crippen LogP contribution in [0.4, 0.5) is 35.1 Å². The van der Waals surface area contributed by atoms with Gasteiger partial charge in [-0.2, -0.15) is 26.3 Å². The van der Waals surface area contributed by atoms with Crippen molar-refractivity contribution in [3.63, 3.8) is 0 Å². The van der Waals surface area contributed by atoms with Crippen molar-refractivity contribution in [2.45, 2.75) is 63.7 Å². The molecule has 0 spiro atoms. The molecule has 0 saturated carbocycles. The largest absolute Gasteiger partial charge is 0.491 e. The molecule has 3 aromatic rings. The van der Waals surface area contributed by atoms with E-state index in [2.05, 4.69) is 22.6 Å². The normalized spacial score (nSPS) is 11.6. The van der Waals surface area contributed by atoms with Crippen molar-refractivity contribution in [1.29, 1.82) is 0 Å². The lowest BCUT2D eigenvalue weighted by molar-refractivity contribution is -0.164. The van der Waals surface area contributed by atoms with Crippen molar-refractivity contribution in [2.24, 2.45) is 0 Å². The zero-order valence-corrected chi connectivity index (χ0v) is 33.1. The second-order valence-electron chi connectivity index (χ2n) is 13.0. The third-order valence-corrected chi connectivity index (χ3v) is 8.27. The summed E-state index contributed by atoms with van der Waals surface area (Å²) in [6, 6.07) is 7.66. The number of rotatable bonds is 24. The lowest BCUT2D eigenvalue weighted by Crippen LogP contribution is -2.21. The molecule has 3 aromatic carbocycles. The molecule has 0 radical (unpaired) electrons. The van der Waals surface area contributed by atoms with E-state index in [4.69, 9.17) is 18.9 Å². The molecule has 0 saturated heterocycles. The zero-order valence-electron chi connectivity index (χ0n) is 33.1. The van der Waals surface area contributed by atoms with Crippen molar-refractivity contribution in [3.05, 3.63) is 120 Å². The van der Waals surface area contributed by atoms with Gasteiger partial charge in [-0.3, -0.25) is 0 Å². The van der Waals surface area contributed by atoms with E-state index in [0.29, 0.717) is 62.8 Å². The molecule has 0 aromatic heterocycles. The summed E-state index contributed by atoms with van der Waals surface area (Å²) < 4.78 is 144. The summed E-state index contributed by atoms with van der Waals surface area (Å²) in [4.78, 5) is 47.0. The molecule has 62 heavy (non-hydrogen) atoms. The predicted molar refractivity (Wildman–Crippen MR) is 209 cm³/mol. The Morgan fingerprint density at radius 3 is 1.15 bits per heavy atom. The number of hydrogen-bond donors (Lipinski definition) is 0. The molecule has 0 aliphatic carbocycles. The molecule has 0 atom stereocenters. The Kier molecular flexibility index (Phi) is 19.9. The van der Waals surface area contributed by atoms with Gasteiger partial charge in [-0.05, 0) is 111 Å². The Bertz CT molecular complexity index is 1940. The van der Waals surface area contributed by atoms with E-state index in [1.54, 1.807) is 0 Å². The number of unbranched alkanes of at least 4 members (excludes halogenated alkanes) is 6. The van der Waals surface area contributed by atoms with Crippen LogP contribution in [-0.4, -0.2) is 50.3 Å². The average molecular weight is 883 g/mol. The van der Waals surface area contributed by atoms with Crippen LogP contribution in [0.5, 0.6) is 23.0 Å². The van der Waals surface area contributed by atoms with Crippen LogP contribution in [0.25, 0.3) is 12.2 Å². The van der Waals surface area contributed by atoms with Gasteiger partial charge in [0.25, 0.3) is 0 Å². The standard InChI is InChI=1S/C44H42F8O10/c1-3-37(53)59-25-11-7-5-9-23-57-33-17-13-29(27-31(33)45)15-21-39(55)61-35-19-20-36(42(44(50,51)52)41(35)43(47,48)49)62-40(56)22-16-30-14-18-34(32(46)28-30)58-24-10-6-8-12-26-60-38(54)4-2/h3-4,13-22,27-28H,1-2,5-12,23-26H2. The number of alkyl halides is 6. The fourth-order valence-electron chi connectivity index (χ4n) is 5.33. The molecule has 0 aliphatic rings. The van der Waals surface area contributed by atoms with Gasteiger partial charge >= 0.3 is 36.2 Å². The number of halogens is 8. The highest BCUT2D eigenvalue weighted by molar-refractivity contribution is 5.90. The fourth-order valence-corrected chi connectivity index (χ4v) is 5.33. The van der Waals surface area contributed by atoms with E-state index in [1.165, 1.54) is 24.3 Å². The molecule has 0 heterocycles. The molecule has 10 nitrogen and oxygen atoms in total. The summed E-state index contributed by atoms with van der Waals surface area (Å²) in [7, 11) is 0. The lowest BCUT2D eigenvalue weighted by Gasteiger charge is -2.21. The van der Waals surface area contributed by atoms with Gasteiger partial charge in [0.15, 0.2) is 23.1 Å². The maximum atomic E-state index is 14.6. The van der Waals surface area contributed by atoms with Crippen LogP contribution in [0.3, 0.4) is 0 Å². The molecule has 18 heteroatoms. The first-order chi connectivity index (χ1) is 29.4. The minimum absolute atomic E-state index is 0.0283. The summed E-state index contributed by atoms with van der Waals surface area (Å²) in [6.07, 6.45) is -1.29. The molecular formula is C44H42F8O10. The number of esters is 4. The van der Waals surface area contributed by atoms with E-state index in [9.17, 15) is 54.3 Å². The molecule has 0 aliphatic heterocycles. The number of benzene rings is 3. The second kappa shape index (κ2) is 24.7. The quantitative estimate of drug-likeness (QED) is 0.0282. The van der Waals surface area contributed by atoms with Crippen LogP contribution in [0, 0.1) is 11.6 Å². The van der Waals surface area contributed by atoms with Crippen LogP contribution in [-0.2, 0) is 41.0 Å². The molecular weight excluding hydrogens is 840 g/mol. The monoisotopic (exact) mass is 882 g/mol. The third kappa shape index (κ3) is 17.3. The molecule has 0 unspecified atom stereocenters. The zero-order chi connectivity index (χ0) is 45.7. The topological polar surface area (TPSA) is 124 Å². The molecule has 3 rings (SSSR count). The van der Waals surface area contributed by atoms with Crippen LogP contribution < -0.4 is 18.9 Å². The highest BCUT2D eigenvalue weighted by Gasteiger charge is 2.48. The predicted octanol–water partition coefficient (Wildman–Crippen LogP) is 10.6. The summed E-state index contributed by atoms with van der Waals surface area (Å²) in [5.41, 5.74) is -4.87. The summed E-state index contributed by atoms with van der Waals surface area (Å²) in [5.74, 6) is -9.24. The summed E-state index contributed by atoms with van der Waals surface area (Å²) >= 11 is 0. The first-order valence-corrected chi connectivity index (χ1v) is 19.0. The molecule has 0 fully saturated rings. The molecule has 0 N–H and O–H groups in total. The van der Waals surface area contributed by atoms with Gasteiger partial charge in [-0.1, -0.05) is 25.3 Å². The summed E-state index contributed by atoms with van der Waals surface area (Å²) in [5, 5.41) is 0. The lowest BCUT2D eigenvalue weighted by atomic mass is 10.0. The Morgan fingerprint density at radius 1 is 0.484 bits per heavy atom. The SMILES string of the molecule is C=CC(=O)OCCCCCCOc1ccc(C=CC(=O)Oc2ccc(OC(=O)C=Cc3ccc(OCCCCCCOC(=O)C=C)c(F)c3)c(C(F)(F)F)c2C(F)(F)F)cc1F. The average Bonchev–Trinajstić information content (AvgIpc) is 3.21. The van der Waals surface area contributed by atoms with Crippen molar-refractivity contribution in [3.8, 4) is 23.0 Å². The smallest absolute Gasteiger partial charge is 0.420 e. The Hall–Kier alpha value is -6.46. The maximum Gasteiger partial charge on any atom is 0.420 e. The maximum absolute atomic E-state index is 14.6. The second-order valence-corrected chi connectivity index (χ2v) is 13.0. The Labute approximate surface area is 351 Å². The van der Waals surface area contributed by atoms with Gasteiger partial charge in [0.2, 0.25) is 0 Å². The number of ether oxygens (including phenoxy) is 6. The summed E-state index contributed by atoms with van der Waals surface area (Å²) in [6.45, 7) is 7.34. The van der Waals surface area contributed by atoms with E-state index in [0.717, 1.165) is 49.3 Å². The first kappa shape index (κ1) is 49.9. The van der Waals surface area contributed by atoms with Gasteiger partial charge in [-0.15, -0.1) is 0 Å². The molecule has 0 bridgehead atoms. The van der Waals surface area contributed by atoms with Crippen LogP contribution in [0.15, 0.2) is 86.0 Å². The van der Waals surface area contributed by atoms with Crippen molar-refractivity contribution >= 4 is 36.0 Å². The molecule has 334 valence electrons. The van der Waals surface area contributed by atoms with Crippen LogP contribution in [0.2, 0.25) is 0 Å². The van der Waals surface area contributed by atoms with E-state index in [1.807, 2.05) is 0 Å². The minimum atomic E-state index is -5.79. The van der Waals surface area contributed by atoms with Gasteiger partial charge in [0, 0.05) is 24.3 Å². The molecule has 0 amide bonds. The Morgan fingerprint density at radius 2 is 0.823 bits per heavy atom. The first-order valence-electron chi connectivity index (χ1n) is 19.0. The highest BCUT2D eigenvalue weighted by atomic mass is 19.4. The number of hydrogen-bond acceptors (Lipinski definition) is 10. The van der Waals surface area contributed by atoms with E-state index in [-0.39, 0.29) is 49.1 Å². The van der Waals surface area contributed by atoms with Crippen molar-refractivity contribution < 1.29 is 82.7 Å². The number of carbonyl (C=O) groups is 4. The van der Waals surface area contributed by atoms with Crippen molar-refractivity contribution in [2.75, 3.05) is 26.4 Å².